The molecule has 106 valence electrons. The number of benzene rings is 2. The molecule has 0 aliphatic heterocycles. The summed E-state index contributed by atoms with van der Waals surface area (Å²) in [6.07, 6.45) is 0. The Balaban J connectivity index is 2.05. The first-order valence-electron chi connectivity index (χ1n) is 7.03. The highest BCUT2D eigenvalue weighted by atomic mass is 35.5. The number of hydrogen-bond donors (Lipinski definition) is 1. The van der Waals surface area contributed by atoms with E-state index in [4.69, 9.17) is 11.6 Å². The van der Waals surface area contributed by atoms with Gasteiger partial charge in [0.15, 0.2) is 0 Å². The van der Waals surface area contributed by atoms with Crippen LogP contribution in [0.25, 0.3) is 0 Å². The van der Waals surface area contributed by atoms with Crippen molar-refractivity contribution in [2.45, 2.75) is 40.3 Å². The molecule has 0 radical (unpaired) electrons. The minimum atomic E-state index is 0.313. The lowest BCUT2D eigenvalue weighted by molar-refractivity contribution is 0.573. The summed E-state index contributed by atoms with van der Waals surface area (Å²) in [6.45, 7) is 9.57. The first-order valence-corrected chi connectivity index (χ1v) is 7.40. The fourth-order valence-corrected chi connectivity index (χ4v) is 2.47. The van der Waals surface area contributed by atoms with Gasteiger partial charge in [-0.1, -0.05) is 35.9 Å². The van der Waals surface area contributed by atoms with Gasteiger partial charge in [-0.2, -0.15) is 0 Å². The van der Waals surface area contributed by atoms with Gasteiger partial charge in [0.2, 0.25) is 0 Å². The molecule has 1 nitrogen and oxygen atoms in total. The molecule has 0 saturated heterocycles. The van der Waals surface area contributed by atoms with E-state index in [1.807, 2.05) is 12.1 Å². The van der Waals surface area contributed by atoms with Gasteiger partial charge in [0.05, 0.1) is 0 Å². The Labute approximate surface area is 127 Å². The Morgan fingerprint density at radius 3 is 2.20 bits per heavy atom. The number of aryl methyl sites for hydroxylation is 3. The second-order valence-electron chi connectivity index (χ2n) is 5.52. The van der Waals surface area contributed by atoms with Crippen LogP contribution in [0.5, 0.6) is 0 Å². The second-order valence-corrected chi connectivity index (χ2v) is 5.95. The van der Waals surface area contributed by atoms with Crippen LogP contribution in [0.2, 0.25) is 5.02 Å². The van der Waals surface area contributed by atoms with Crippen molar-refractivity contribution < 1.29 is 0 Å². The predicted molar refractivity (Wildman–Crippen MR) is 87.4 cm³/mol. The molecule has 2 aromatic carbocycles. The summed E-state index contributed by atoms with van der Waals surface area (Å²) in [4.78, 5) is 0. The van der Waals surface area contributed by atoms with Gasteiger partial charge in [0.25, 0.3) is 0 Å². The molecule has 1 N–H and O–H groups in total. The van der Waals surface area contributed by atoms with Gasteiger partial charge in [-0.05, 0) is 67.6 Å². The Morgan fingerprint density at radius 2 is 1.55 bits per heavy atom. The molecule has 2 rings (SSSR count). The van der Waals surface area contributed by atoms with Gasteiger partial charge in [-0.25, -0.2) is 0 Å². The summed E-state index contributed by atoms with van der Waals surface area (Å²) in [5, 5.41) is 4.36. The van der Waals surface area contributed by atoms with Crippen LogP contribution < -0.4 is 5.32 Å². The normalized spacial score (nSPS) is 12.4. The van der Waals surface area contributed by atoms with Crippen molar-refractivity contribution in [3.05, 3.63) is 69.2 Å². The van der Waals surface area contributed by atoms with Gasteiger partial charge in [0, 0.05) is 17.6 Å². The molecule has 0 heterocycles. The highest BCUT2D eigenvalue weighted by Gasteiger charge is 2.07. The molecule has 0 unspecified atom stereocenters. The lowest BCUT2D eigenvalue weighted by atomic mass is 10.0. The molecule has 0 aromatic heterocycles. The third-order valence-corrected chi connectivity index (χ3v) is 4.17. The molecular formula is C18H22ClN. The van der Waals surface area contributed by atoms with Crippen LogP contribution in [0.3, 0.4) is 0 Å². The van der Waals surface area contributed by atoms with Gasteiger partial charge in [-0.3, -0.25) is 0 Å². The van der Waals surface area contributed by atoms with E-state index in [9.17, 15) is 0 Å². The van der Waals surface area contributed by atoms with Crippen molar-refractivity contribution >= 4 is 11.6 Å². The fourth-order valence-electron chi connectivity index (χ4n) is 2.34. The van der Waals surface area contributed by atoms with E-state index in [-0.39, 0.29) is 0 Å². The molecule has 20 heavy (non-hydrogen) atoms. The third kappa shape index (κ3) is 3.62. The zero-order valence-electron chi connectivity index (χ0n) is 12.6. The van der Waals surface area contributed by atoms with Crippen LogP contribution in [0.1, 0.15) is 40.8 Å². The molecule has 0 spiro atoms. The molecule has 2 heteroatoms. The van der Waals surface area contributed by atoms with E-state index in [0.717, 1.165) is 11.6 Å². The van der Waals surface area contributed by atoms with Crippen LogP contribution in [-0.2, 0) is 6.54 Å². The van der Waals surface area contributed by atoms with Crippen molar-refractivity contribution in [2.24, 2.45) is 0 Å². The smallest absolute Gasteiger partial charge is 0.0406 e. The zero-order valence-corrected chi connectivity index (χ0v) is 13.4. The Morgan fingerprint density at radius 1 is 0.950 bits per heavy atom. The average molecular weight is 288 g/mol. The van der Waals surface area contributed by atoms with Gasteiger partial charge >= 0.3 is 0 Å². The second kappa shape index (κ2) is 6.43. The van der Waals surface area contributed by atoms with E-state index in [2.05, 4.69) is 57.3 Å². The predicted octanol–water partition coefficient (Wildman–Crippen LogP) is 5.12. The molecule has 0 saturated carbocycles. The lowest BCUT2D eigenvalue weighted by Gasteiger charge is -2.16. The maximum Gasteiger partial charge on any atom is 0.0406 e. The van der Waals surface area contributed by atoms with Crippen LogP contribution >= 0.6 is 11.6 Å². The Hall–Kier alpha value is -1.31. The fraction of sp³-hybridized carbons (Fsp3) is 0.333. The Bertz CT molecular complexity index is 587. The maximum absolute atomic E-state index is 5.92. The third-order valence-electron chi connectivity index (χ3n) is 3.92. The van der Waals surface area contributed by atoms with Crippen molar-refractivity contribution in [1.29, 1.82) is 0 Å². The van der Waals surface area contributed by atoms with Crippen molar-refractivity contribution in [2.75, 3.05) is 0 Å². The van der Waals surface area contributed by atoms with Crippen LogP contribution in [0, 0.1) is 20.8 Å². The van der Waals surface area contributed by atoms with E-state index in [0.29, 0.717) is 6.04 Å². The maximum atomic E-state index is 5.92. The number of nitrogens with one attached hydrogen (secondary N) is 1. The van der Waals surface area contributed by atoms with Gasteiger partial charge in [0.1, 0.15) is 0 Å². The molecule has 0 amide bonds. The lowest BCUT2D eigenvalue weighted by Crippen LogP contribution is -2.18. The summed E-state index contributed by atoms with van der Waals surface area (Å²) in [5.74, 6) is 0. The topological polar surface area (TPSA) is 12.0 Å². The van der Waals surface area contributed by atoms with E-state index < -0.39 is 0 Å². The number of hydrogen-bond acceptors (Lipinski definition) is 1. The Kier molecular flexibility index (Phi) is 4.85. The zero-order chi connectivity index (χ0) is 14.7. The molecule has 0 aliphatic carbocycles. The molecule has 0 aliphatic rings. The van der Waals surface area contributed by atoms with E-state index in [1.165, 1.54) is 27.8 Å². The minimum absolute atomic E-state index is 0.313. The quantitative estimate of drug-likeness (QED) is 0.823. The monoisotopic (exact) mass is 287 g/mol. The SMILES string of the molecule is Cc1cc(C)c(CN[C@@H](C)c2ccc(Cl)cc2)cc1C. The minimum Gasteiger partial charge on any atom is -0.306 e. The molecule has 0 fully saturated rings. The summed E-state index contributed by atoms with van der Waals surface area (Å²) in [7, 11) is 0. The van der Waals surface area contributed by atoms with Crippen LogP contribution in [-0.4, -0.2) is 0 Å². The number of rotatable bonds is 4. The first-order chi connectivity index (χ1) is 9.47. The van der Waals surface area contributed by atoms with Gasteiger partial charge < -0.3 is 5.32 Å². The summed E-state index contributed by atoms with van der Waals surface area (Å²) < 4.78 is 0. The van der Waals surface area contributed by atoms with E-state index >= 15 is 0 Å². The molecule has 0 bridgehead atoms. The van der Waals surface area contributed by atoms with Crippen LogP contribution in [0.4, 0.5) is 0 Å². The largest absolute Gasteiger partial charge is 0.306 e. The van der Waals surface area contributed by atoms with Crippen molar-refractivity contribution in [3.8, 4) is 0 Å². The van der Waals surface area contributed by atoms with E-state index in [1.54, 1.807) is 0 Å². The van der Waals surface area contributed by atoms with Crippen LogP contribution in [0.15, 0.2) is 36.4 Å². The first kappa shape index (κ1) is 15.1. The number of halogens is 1. The van der Waals surface area contributed by atoms with Crippen molar-refractivity contribution in [1.82, 2.24) is 5.32 Å². The molecule has 1 atom stereocenters. The molecule has 2 aromatic rings. The highest BCUT2D eigenvalue weighted by molar-refractivity contribution is 6.30. The van der Waals surface area contributed by atoms with Crippen molar-refractivity contribution in [3.63, 3.8) is 0 Å². The summed E-state index contributed by atoms with van der Waals surface area (Å²) in [5.41, 5.74) is 6.69. The van der Waals surface area contributed by atoms with Gasteiger partial charge in [-0.15, -0.1) is 0 Å². The highest BCUT2D eigenvalue weighted by Crippen LogP contribution is 2.19. The summed E-state index contributed by atoms with van der Waals surface area (Å²) in [6, 6.07) is 12.9. The standard InChI is InChI=1S/C18H22ClN/c1-12-9-14(3)17(10-13(12)2)11-20-15(4)16-5-7-18(19)8-6-16/h5-10,15,20H,11H2,1-4H3/t15-/m0/s1. The summed E-state index contributed by atoms with van der Waals surface area (Å²) >= 11 is 5.92. The average Bonchev–Trinajstić information content (AvgIpc) is 2.42. The molecular weight excluding hydrogens is 266 g/mol.